The minimum absolute atomic E-state index is 0.0336. The van der Waals surface area contributed by atoms with E-state index in [0.29, 0.717) is 0 Å². The lowest BCUT2D eigenvalue weighted by Gasteiger charge is -2.18. The molecule has 1 aliphatic rings. The van der Waals surface area contributed by atoms with Crippen LogP contribution < -0.4 is 0 Å². The maximum atomic E-state index is 10.0. The van der Waals surface area contributed by atoms with E-state index in [1.54, 1.807) is 0 Å². The van der Waals surface area contributed by atoms with Crippen LogP contribution in [0.2, 0.25) is 0 Å². The minimum Gasteiger partial charge on any atom is -0.386 e. The number of aliphatic hydroxyl groups excluding tert-OH is 1. The fourth-order valence-electron chi connectivity index (χ4n) is 1.77. The molecule has 2 atom stereocenters. The number of halogens is 1. The van der Waals surface area contributed by atoms with Crippen molar-refractivity contribution in [2.75, 3.05) is 6.61 Å². The van der Waals surface area contributed by atoms with E-state index in [1.165, 1.54) is 0 Å². The Morgan fingerprint density at radius 2 is 2.21 bits per heavy atom. The zero-order valence-electron chi connectivity index (χ0n) is 7.82. The van der Waals surface area contributed by atoms with Gasteiger partial charge in [-0.25, -0.2) is 0 Å². The highest BCUT2D eigenvalue weighted by Crippen LogP contribution is 2.30. The average molecular weight is 257 g/mol. The number of hydrogen-bond acceptors (Lipinski definition) is 2. The van der Waals surface area contributed by atoms with Crippen molar-refractivity contribution >= 4 is 15.9 Å². The van der Waals surface area contributed by atoms with E-state index in [2.05, 4.69) is 15.9 Å². The van der Waals surface area contributed by atoms with Crippen LogP contribution in [0.25, 0.3) is 0 Å². The van der Waals surface area contributed by atoms with Crippen molar-refractivity contribution in [1.82, 2.24) is 0 Å². The van der Waals surface area contributed by atoms with Gasteiger partial charge in [-0.05, 0) is 24.5 Å². The van der Waals surface area contributed by atoms with E-state index < -0.39 is 6.10 Å². The van der Waals surface area contributed by atoms with E-state index in [1.807, 2.05) is 24.3 Å². The van der Waals surface area contributed by atoms with Crippen LogP contribution >= 0.6 is 15.9 Å². The van der Waals surface area contributed by atoms with Crippen molar-refractivity contribution < 1.29 is 9.84 Å². The number of aliphatic hydroxyl groups is 1. The third kappa shape index (κ3) is 2.00. The molecular weight excluding hydrogens is 244 g/mol. The van der Waals surface area contributed by atoms with Crippen molar-refractivity contribution in [3.63, 3.8) is 0 Å². The van der Waals surface area contributed by atoms with Crippen molar-refractivity contribution in [2.24, 2.45) is 0 Å². The third-order valence-corrected chi connectivity index (χ3v) is 3.26. The molecule has 1 aromatic carbocycles. The van der Waals surface area contributed by atoms with Crippen molar-refractivity contribution in [2.45, 2.75) is 25.0 Å². The zero-order chi connectivity index (χ0) is 9.97. The van der Waals surface area contributed by atoms with Gasteiger partial charge in [0.25, 0.3) is 0 Å². The summed E-state index contributed by atoms with van der Waals surface area (Å²) >= 11 is 3.43. The lowest BCUT2D eigenvalue weighted by Crippen LogP contribution is -2.17. The largest absolute Gasteiger partial charge is 0.386 e. The minimum atomic E-state index is -0.506. The predicted molar refractivity (Wildman–Crippen MR) is 58.1 cm³/mol. The van der Waals surface area contributed by atoms with E-state index in [9.17, 15) is 5.11 Å². The molecular formula is C11H13BrO2. The first-order chi connectivity index (χ1) is 6.79. The molecule has 1 fully saturated rings. The molecule has 76 valence electrons. The number of rotatable bonds is 2. The third-order valence-electron chi connectivity index (χ3n) is 2.54. The summed E-state index contributed by atoms with van der Waals surface area (Å²) in [5.41, 5.74) is 0.916. The quantitative estimate of drug-likeness (QED) is 0.882. The van der Waals surface area contributed by atoms with Crippen molar-refractivity contribution in [3.8, 4) is 0 Å². The van der Waals surface area contributed by atoms with E-state index in [4.69, 9.17) is 4.74 Å². The molecule has 0 bridgehead atoms. The number of benzene rings is 1. The first-order valence-corrected chi connectivity index (χ1v) is 5.62. The summed E-state index contributed by atoms with van der Waals surface area (Å²) in [6, 6.07) is 7.73. The fourth-order valence-corrected chi connectivity index (χ4v) is 2.29. The molecule has 1 aromatic rings. The molecule has 14 heavy (non-hydrogen) atoms. The van der Waals surface area contributed by atoms with Gasteiger partial charge in [-0.2, -0.15) is 0 Å². The van der Waals surface area contributed by atoms with Gasteiger partial charge in [-0.3, -0.25) is 0 Å². The second-order valence-electron chi connectivity index (χ2n) is 3.52. The Morgan fingerprint density at radius 1 is 1.43 bits per heavy atom. The van der Waals surface area contributed by atoms with Crippen LogP contribution in [0, 0.1) is 0 Å². The van der Waals surface area contributed by atoms with Gasteiger partial charge in [-0.15, -0.1) is 0 Å². The molecule has 2 rings (SSSR count). The molecule has 2 nitrogen and oxygen atoms in total. The molecule has 0 spiro atoms. The summed E-state index contributed by atoms with van der Waals surface area (Å²) in [5.74, 6) is 0. The number of ether oxygens (including phenoxy) is 1. The van der Waals surface area contributed by atoms with Gasteiger partial charge in [0.05, 0.1) is 6.10 Å². The maximum Gasteiger partial charge on any atom is 0.106 e. The highest BCUT2D eigenvalue weighted by atomic mass is 79.9. The maximum absolute atomic E-state index is 10.0. The van der Waals surface area contributed by atoms with Crippen molar-refractivity contribution in [3.05, 3.63) is 34.3 Å². The Bertz CT molecular complexity index is 308. The highest BCUT2D eigenvalue weighted by Gasteiger charge is 2.26. The van der Waals surface area contributed by atoms with Crippen LogP contribution in [-0.2, 0) is 4.74 Å². The van der Waals surface area contributed by atoms with E-state index >= 15 is 0 Å². The average Bonchev–Trinajstić information content (AvgIpc) is 2.70. The van der Waals surface area contributed by atoms with Gasteiger partial charge in [0.15, 0.2) is 0 Å². The van der Waals surface area contributed by atoms with Crippen LogP contribution in [0.1, 0.15) is 24.5 Å². The topological polar surface area (TPSA) is 29.5 Å². The van der Waals surface area contributed by atoms with Gasteiger partial charge in [0.1, 0.15) is 6.10 Å². The standard InChI is InChI=1S/C11H13BrO2/c12-9-5-2-1-4-8(9)11(13)10-6-3-7-14-10/h1-2,4-5,10-11,13H,3,6-7H2/t10-,11+/m1/s1. The molecule has 1 N–H and O–H groups in total. The first-order valence-electron chi connectivity index (χ1n) is 4.83. The van der Waals surface area contributed by atoms with Crippen molar-refractivity contribution in [1.29, 1.82) is 0 Å². The van der Waals surface area contributed by atoms with Gasteiger partial charge >= 0.3 is 0 Å². The highest BCUT2D eigenvalue weighted by molar-refractivity contribution is 9.10. The smallest absolute Gasteiger partial charge is 0.106 e. The Hall–Kier alpha value is -0.380. The lowest BCUT2D eigenvalue weighted by atomic mass is 10.0. The second-order valence-corrected chi connectivity index (χ2v) is 4.37. The number of hydrogen-bond donors (Lipinski definition) is 1. The van der Waals surface area contributed by atoms with Gasteiger partial charge in [0.2, 0.25) is 0 Å². The molecule has 0 amide bonds. The Labute approximate surface area is 92.0 Å². The van der Waals surface area contributed by atoms with E-state index in [0.717, 1.165) is 29.5 Å². The normalized spacial score (nSPS) is 23.7. The first kappa shape index (κ1) is 10.1. The molecule has 0 aliphatic carbocycles. The molecule has 1 saturated heterocycles. The molecule has 0 saturated carbocycles. The fraction of sp³-hybridized carbons (Fsp3) is 0.455. The summed E-state index contributed by atoms with van der Waals surface area (Å²) < 4.78 is 6.40. The molecule has 1 heterocycles. The summed E-state index contributed by atoms with van der Waals surface area (Å²) in [5, 5.41) is 10.0. The molecule has 1 aliphatic heterocycles. The Morgan fingerprint density at radius 3 is 2.86 bits per heavy atom. The van der Waals surface area contributed by atoms with E-state index in [-0.39, 0.29) is 6.10 Å². The monoisotopic (exact) mass is 256 g/mol. The Kier molecular flexibility index (Phi) is 3.21. The van der Waals surface area contributed by atoms with Crippen LogP contribution in [0.5, 0.6) is 0 Å². The molecule has 3 heteroatoms. The van der Waals surface area contributed by atoms with Crippen LogP contribution in [0.15, 0.2) is 28.7 Å². The molecule has 0 aromatic heterocycles. The predicted octanol–water partition coefficient (Wildman–Crippen LogP) is 2.66. The van der Waals surface area contributed by atoms with Crippen LogP contribution in [0.4, 0.5) is 0 Å². The summed E-state index contributed by atoms with van der Waals surface area (Å²) in [6.07, 6.45) is 1.45. The SMILES string of the molecule is O[C@@H](c1ccccc1Br)[C@H]1CCCO1. The van der Waals surface area contributed by atoms with Crippen LogP contribution in [0.3, 0.4) is 0 Å². The summed E-state index contributed by atoms with van der Waals surface area (Å²) in [4.78, 5) is 0. The van der Waals surface area contributed by atoms with Gasteiger partial charge in [0, 0.05) is 11.1 Å². The summed E-state index contributed by atoms with van der Waals surface area (Å²) in [6.45, 7) is 0.770. The van der Waals surface area contributed by atoms with Gasteiger partial charge < -0.3 is 9.84 Å². The van der Waals surface area contributed by atoms with Gasteiger partial charge in [-0.1, -0.05) is 34.1 Å². The lowest BCUT2D eigenvalue weighted by molar-refractivity contribution is -0.00293. The zero-order valence-corrected chi connectivity index (χ0v) is 9.40. The van der Waals surface area contributed by atoms with Crippen LogP contribution in [-0.4, -0.2) is 17.8 Å². The second kappa shape index (κ2) is 4.43. The summed E-state index contributed by atoms with van der Waals surface area (Å²) in [7, 11) is 0. The Balaban J connectivity index is 2.17. The molecule has 0 unspecified atom stereocenters. The molecule has 0 radical (unpaired) electrons.